The molecule has 6 heteroatoms. The van der Waals surface area contributed by atoms with Gasteiger partial charge in [0.1, 0.15) is 5.82 Å². The first-order chi connectivity index (χ1) is 8.74. The Balaban J connectivity index is 1.91. The van der Waals surface area contributed by atoms with Crippen molar-refractivity contribution in [3.63, 3.8) is 0 Å². The van der Waals surface area contributed by atoms with Crippen molar-refractivity contribution in [2.24, 2.45) is 0 Å². The van der Waals surface area contributed by atoms with Crippen LogP contribution in [-0.2, 0) is 6.42 Å². The highest BCUT2D eigenvalue weighted by Crippen LogP contribution is 2.20. The molecule has 0 bridgehead atoms. The zero-order valence-electron chi connectivity index (χ0n) is 11.0. The van der Waals surface area contributed by atoms with Crippen LogP contribution < -0.4 is 4.90 Å². The highest BCUT2D eigenvalue weighted by atomic mass is 32.1. The van der Waals surface area contributed by atoms with E-state index in [0.717, 1.165) is 50.0 Å². The van der Waals surface area contributed by atoms with E-state index < -0.39 is 0 Å². The first kappa shape index (κ1) is 13.2. The van der Waals surface area contributed by atoms with E-state index in [1.807, 2.05) is 6.92 Å². The Morgan fingerprint density at radius 3 is 2.72 bits per heavy atom. The second-order valence-electron chi connectivity index (χ2n) is 4.57. The van der Waals surface area contributed by atoms with E-state index >= 15 is 0 Å². The lowest BCUT2D eigenvalue weighted by molar-refractivity contribution is 0.231. The summed E-state index contributed by atoms with van der Waals surface area (Å²) < 4.78 is 4.37. The average molecular weight is 265 g/mol. The quantitative estimate of drug-likeness (QED) is 0.826. The largest absolute Gasteiger partial charge is 0.344 e. The molecule has 1 atom stereocenters. The highest BCUT2D eigenvalue weighted by Gasteiger charge is 2.22. The van der Waals surface area contributed by atoms with Gasteiger partial charge in [0.25, 0.3) is 0 Å². The number of nitriles is 1. The number of hydrogen-bond acceptors (Lipinski definition) is 6. The predicted molar refractivity (Wildman–Crippen MR) is 72.8 cm³/mol. The van der Waals surface area contributed by atoms with Gasteiger partial charge in [-0.15, -0.1) is 0 Å². The summed E-state index contributed by atoms with van der Waals surface area (Å²) in [6.45, 7) is 7.83. The number of aromatic nitrogens is 2. The van der Waals surface area contributed by atoms with Gasteiger partial charge in [-0.1, -0.05) is 6.92 Å². The molecule has 1 aromatic heterocycles. The Hall–Kier alpha value is -1.19. The molecular weight excluding hydrogens is 246 g/mol. The van der Waals surface area contributed by atoms with Crippen LogP contribution in [0.5, 0.6) is 0 Å². The lowest BCUT2D eigenvalue weighted by Gasteiger charge is -2.35. The summed E-state index contributed by atoms with van der Waals surface area (Å²) in [5, 5.41) is 9.94. The van der Waals surface area contributed by atoms with Gasteiger partial charge in [-0.25, -0.2) is 4.98 Å². The molecule has 1 saturated heterocycles. The van der Waals surface area contributed by atoms with Crippen molar-refractivity contribution in [1.82, 2.24) is 14.3 Å². The molecule has 1 aliphatic heterocycles. The van der Waals surface area contributed by atoms with Crippen LogP contribution in [0.1, 0.15) is 26.1 Å². The molecule has 2 rings (SSSR count). The molecule has 0 N–H and O–H groups in total. The zero-order valence-corrected chi connectivity index (χ0v) is 11.8. The van der Waals surface area contributed by atoms with Crippen LogP contribution >= 0.6 is 11.5 Å². The van der Waals surface area contributed by atoms with Crippen LogP contribution in [-0.4, -0.2) is 46.5 Å². The van der Waals surface area contributed by atoms with E-state index in [1.54, 1.807) is 0 Å². The van der Waals surface area contributed by atoms with Gasteiger partial charge in [0.05, 0.1) is 12.1 Å². The maximum Gasteiger partial charge on any atom is 0.205 e. The molecule has 18 heavy (non-hydrogen) atoms. The van der Waals surface area contributed by atoms with E-state index in [4.69, 9.17) is 5.26 Å². The second-order valence-corrected chi connectivity index (χ2v) is 5.30. The molecule has 1 aliphatic rings. The number of piperazine rings is 1. The summed E-state index contributed by atoms with van der Waals surface area (Å²) in [6.07, 6.45) is 2.05. The first-order valence-electron chi connectivity index (χ1n) is 6.45. The maximum absolute atomic E-state index is 8.91. The van der Waals surface area contributed by atoms with Crippen molar-refractivity contribution in [2.45, 2.75) is 32.7 Å². The topological polar surface area (TPSA) is 56.1 Å². The molecule has 0 radical (unpaired) electrons. The molecule has 0 saturated carbocycles. The highest BCUT2D eigenvalue weighted by molar-refractivity contribution is 7.09. The van der Waals surface area contributed by atoms with Gasteiger partial charge in [0.15, 0.2) is 0 Å². The minimum Gasteiger partial charge on any atom is -0.344 e. The van der Waals surface area contributed by atoms with Gasteiger partial charge >= 0.3 is 0 Å². The van der Waals surface area contributed by atoms with Crippen molar-refractivity contribution in [3.05, 3.63) is 5.82 Å². The van der Waals surface area contributed by atoms with Gasteiger partial charge < -0.3 is 4.90 Å². The van der Waals surface area contributed by atoms with Crippen molar-refractivity contribution in [3.8, 4) is 6.07 Å². The molecule has 2 heterocycles. The third-order valence-electron chi connectivity index (χ3n) is 3.25. The fourth-order valence-electron chi connectivity index (χ4n) is 2.08. The van der Waals surface area contributed by atoms with Crippen LogP contribution in [0, 0.1) is 11.3 Å². The number of nitrogens with zero attached hydrogens (tertiary/aromatic N) is 5. The molecule has 98 valence electrons. The monoisotopic (exact) mass is 265 g/mol. The molecule has 0 amide bonds. The fourth-order valence-corrected chi connectivity index (χ4v) is 2.84. The van der Waals surface area contributed by atoms with E-state index in [-0.39, 0.29) is 6.04 Å². The Morgan fingerprint density at radius 2 is 2.11 bits per heavy atom. The van der Waals surface area contributed by atoms with Crippen LogP contribution in [0.25, 0.3) is 0 Å². The molecule has 0 aliphatic carbocycles. The molecule has 1 fully saturated rings. The summed E-state index contributed by atoms with van der Waals surface area (Å²) >= 11 is 1.49. The van der Waals surface area contributed by atoms with Gasteiger partial charge in [0, 0.05) is 44.1 Å². The summed E-state index contributed by atoms with van der Waals surface area (Å²) in [7, 11) is 0. The van der Waals surface area contributed by atoms with E-state index in [0.29, 0.717) is 0 Å². The Labute approximate surface area is 112 Å². The maximum atomic E-state index is 8.91. The Morgan fingerprint density at radius 1 is 1.39 bits per heavy atom. The van der Waals surface area contributed by atoms with Gasteiger partial charge in [-0.2, -0.15) is 9.64 Å². The molecule has 0 spiro atoms. The van der Waals surface area contributed by atoms with E-state index in [1.165, 1.54) is 11.5 Å². The summed E-state index contributed by atoms with van der Waals surface area (Å²) in [4.78, 5) is 9.05. The zero-order chi connectivity index (χ0) is 13.0. The smallest absolute Gasteiger partial charge is 0.205 e. The normalized spacial score (nSPS) is 18.6. The van der Waals surface area contributed by atoms with Crippen LogP contribution in [0.4, 0.5) is 5.13 Å². The fraction of sp³-hybridized carbons (Fsp3) is 0.750. The minimum atomic E-state index is 0.0113. The van der Waals surface area contributed by atoms with Gasteiger partial charge in [-0.3, -0.25) is 4.90 Å². The standard InChI is InChI=1S/C12H19N5S/c1-3-4-11-14-12(18-15-11)17-7-5-16(6-8-17)10(2)9-13/h10H,3-8H2,1-2H3. The first-order valence-corrected chi connectivity index (χ1v) is 7.23. The lowest BCUT2D eigenvalue weighted by Crippen LogP contribution is -2.49. The van der Waals surface area contributed by atoms with Gasteiger partial charge in [0.2, 0.25) is 5.13 Å². The average Bonchev–Trinajstić information content (AvgIpc) is 2.87. The Kier molecular flexibility index (Phi) is 4.50. The summed E-state index contributed by atoms with van der Waals surface area (Å²) in [6, 6.07) is 2.30. The lowest BCUT2D eigenvalue weighted by atomic mass is 10.2. The Bertz CT molecular complexity index is 416. The molecule has 1 unspecified atom stereocenters. The van der Waals surface area contributed by atoms with Crippen LogP contribution in [0.2, 0.25) is 0 Å². The van der Waals surface area contributed by atoms with Crippen molar-refractivity contribution >= 4 is 16.7 Å². The van der Waals surface area contributed by atoms with Crippen LogP contribution in [0.3, 0.4) is 0 Å². The van der Waals surface area contributed by atoms with Crippen LogP contribution in [0.15, 0.2) is 0 Å². The molecule has 1 aromatic rings. The van der Waals surface area contributed by atoms with E-state index in [9.17, 15) is 0 Å². The van der Waals surface area contributed by atoms with Crippen molar-refractivity contribution in [1.29, 1.82) is 5.26 Å². The number of anilines is 1. The van der Waals surface area contributed by atoms with E-state index in [2.05, 4.69) is 32.2 Å². The summed E-state index contributed by atoms with van der Waals surface area (Å²) in [5.41, 5.74) is 0. The van der Waals surface area contributed by atoms with Crippen molar-refractivity contribution < 1.29 is 0 Å². The third-order valence-corrected chi connectivity index (χ3v) is 4.07. The molecule has 0 aromatic carbocycles. The van der Waals surface area contributed by atoms with Crippen molar-refractivity contribution in [2.75, 3.05) is 31.1 Å². The third kappa shape index (κ3) is 2.98. The molecular formula is C12H19N5S. The summed E-state index contributed by atoms with van der Waals surface area (Å²) in [5.74, 6) is 0.963. The predicted octanol–water partition coefficient (Wildman–Crippen LogP) is 1.52. The number of aryl methyl sites for hydroxylation is 1. The second kappa shape index (κ2) is 6.12. The van der Waals surface area contributed by atoms with Gasteiger partial charge in [-0.05, 0) is 13.3 Å². The SMILES string of the molecule is CCCc1nsc(N2CCN(C(C)C#N)CC2)n1. The number of hydrogen-bond donors (Lipinski definition) is 0. The molecule has 5 nitrogen and oxygen atoms in total. The minimum absolute atomic E-state index is 0.0113. The number of rotatable bonds is 4.